The second-order valence-electron chi connectivity index (χ2n) is 4.92. The third-order valence-electron chi connectivity index (χ3n) is 3.86. The van der Waals surface area contributed by atoms with Crippen molar-refractivity contribution in [3.05, 3.63) is 40.8 Å². The largest absolute Gasteiger partial charge is 0.395 e. The van der Waals surface area contributed by atoms with Crippen LogP contribution in [0.2, 0.25) is 0 Å². The van der Waals surface area contributed by atoms with Crippen LogP contribution in [0, 0.1) is 0 Å². The maximum absolute atomic E-state index is 9.56. The van der Waals surface area contributed by atoms with E-state index in [0.29, 0.717) is 0 Å². The van der Waals surface area contributed by atoms with Crippen LogP contribution in [0.5, 0.6) is 0 Å². The first-order chi connectivity index (χ1) is 8.75. The number of hydrogen-bond donors (Lipinski definition) is 2. The van der Waals surface area contributed by atoms with Gasteiger partial charge in [-0.25, -0.2) is 4.98 Å². The first-order valence-corrected chi connectivity index (χ1v) is 6.96. The Morgan fingerprint density at radius 2 is 2.11 bits per heavy atom. The third-order valence-corrected chi connectivity index (χ3v) is 4.55. The van der Waals surface area contributed by atoms with Crippen LogP contribution < -0.4 is 0 Å². The van der Waals surface area contributed by atoms with Gasteiger partial charge < -0.3 is 10.1 Å². The fraction of sp³-hybridized carbons (Fsp3) is 0.357. The molecule has 0 saturated heterocycles. The molecule has 0 radical (unpaired) electrons. The summed E-state index contributed by atoms with van der Waals surface area (Å²) >= 11 is 3.54. The Hall–Kier alpha value is -1.13. The smallest absolute Gasteiger partial charge is 0.115 e. The zero-order chi connectivity index (χ0) is 12.6. The molecule has 2 aromatic rings. The van der Waals surface area contributed by atoms with Crippen LogP contribution in [-0.2, 0) is 5.41 Å². The van der Waals surface area contributed by atoms with Crippen molar-refractivity contribution in [2.24, 2.45) is 0 Å². The van der Waals surface area contributed by atoms with E-state index in [0.717, 1.165) is 34.4 Å². The third kappa shape index (κ3) is 1.80. The monoisotopic (exact) mass is 306 g/mol. The molecular weight excluding hydrogens is 292 g/mol. The van der Waals surface area contributed by atoms with Crippen LogP contribution in [0.3, 0.4) is 0 Å². The van der Waals surface area contributed by atoms with Crippen molar-refractivity contribution in [1.82, 2.24) is 9.97 Å². The molecule has 0 amide bonds. The van der Waals surface area contributed by atoms with Gasteiger partial charge in [0.1, 0.15) is 5.82 Å². The summed E-state index contributed by atoms with van der Waals surface area (Å²) in [5.74, 6) is 0.919. The van der Waals surface area contributed by atoms with Gasteiger partial charge in [-0.15, -0.1) is 0 Å². The van der Waals surface area contributed by atoms with Crippen LogP contribution in [-0.4, -0.2) is 21.7 Å². The zero-order valence-electron chi connectivity index (χ0n) is 9.99. The lowest BCUT2D eigenvalue weighted by atomic mass is 9.69. The van der Waals surface area contributed by atoms with Gasteiger partial charge in [0, 0.05) is 10.0 Å². The molecule has 3 rings (SSSR count). The number of nitrogens with one attached hydrogen (secondary N) is 1. The molecule has 0 atom stereocenters. The van der Waals surface area contributed by atoms with E-state index < -0.39 is 0 Å². The number of benzene rings is 1. The average molecular weight is 307 g/mol. The number of imidazole rings is 1. The number of aliphatic hydroxyl groups excluding tert-OH is 1. The highest BCUT2D eigenvalue weighted by Crippen LogP contribution is 2.42. The van der Waals surface area contributed by atoms with Crippen molar-refractivity contribution in [3.63, 3.8) is 0 Å². The number of rotatable bonds is 3. The molecule has 1 aliphatic carbocycles. The maximum atomic E-state index is 9.56. The van der Waals surface area contributed by atoms with E-state index >= 15 is 0 Å². The van der Waals surface area contributed by atoms with Gasteiger partial charge in [-0.1, -0.05) is 40.5 Å². The molecule has 4 heteroatoms. The Morgan fingerprint density at radius 1 is 1.33 bits per heavy atom. The molecule has 0 unspecified atom stereocenters. The van der Waals surface area contributed by atoms with Crippen molar-refractivity contribution >= 4 is 15.9 Å². The Labute approximate surface area is 114 Å². The first kappa shape index (κ1) is 11.9. The summed E-state index contributed by atoms with van der Waals surface area (Å²) in [4.78, 5) is 7.83. The number of aromatic amines is 1. The van der Waals surface area contributed by atoms with Crippen molar-refractivity contribution in [2.75, 3.05) is 6.61 Å². The molecule has 0 bridgehead atoms. The molecule has 1 saturated carbocycles. The number of aromatic nitrogens is 2. The molecule has 0 spiro atoms. The lowest BCUT2D eigenvalue weighted by Gasteiger charge is -2.38. The number of halogens is 1. The quantitative estimate of drug-likeness (QED) is 0.914. The number of nitrogens with zero attached hydrogens (tertiary/aromatic N) is 1. The normalized spacial score (nSPS) is 17.4. The second kappa shape index (κ2) is 4.52. The Balaban J connectivity index is 1.97. The molecule has 1 heterocycles. The first-order valence-electron chi connectivity index (χ1n) is 6.16. The molecule has 1 aliphatic rings. The van der Waals surface area contributed by atoms with E-state index in [4.69, 9.17) is 0 Å². The fourth-order valence-electron chi connectivity index (χ4n) is 2.48. The predicted octanol–water partition coefficient (Wildman–Crippen LogP) is 3.25. The molecule has 0 aliphatic heterocycles. The summed E-state index contributed by atoms with van der Waals surface area (Å²) in [6.45, 7) is 0.177. The summed E-state index contributed by atoms with van der Waals surface area (Å²) < 4.78 is 1.05. The average Bonchev–Trinajstić information content (AvgIpc) is 2.79. The summed E-state index contributed by atoms with van der Waals surface area (Å²) in [6.07, 6.45) is 5.07. The van der Waals surface area contributed by atoms with E-state index in [9.17, 15) is 5.11 Å². The van der Waals surface area contributed by atoms with Crippen molar-refractivity contribution in [3.8, 4) is 11.3 Å². The standard InChI is InChI=1S/C14H15BrN2O/c15-11-5-2-1-4-10(11)12-8-16-13(17-12)14(9-18)6-3-7-14/h1-2,4-5,8,18H,3,6-7,9H2,(H,16,17). The highest BCUT2D eigenvalue weighted by Gasteiger charge is 2.40. The van der Waals surface area contributed by atoms with Gasteiger partial charge in [0.25, 0.3) is 0 Å². The summed E-state index contributed by atoms with van der Waals surface area (Å²) in [7, 11) is 0. The van der Waals surface area contributed by atoms with Crippen LogP contribution >= 0.6 is 15.9 Å². The van der Waals surface area contributed by atoms with E-state index in [-0.39, 0.29) is 12.0 Å². The number of aliphatic hydroxyl groups is 1. The summed E-state index contributed by atoms with van der Waals surface area (Å²) in [5.41, 5.74) is 1.97. The number of H-pyrrole nitrogens is 1. The summed E-state index contributed by atoms with van der Waals surface area (Å²) in [6, 6.07) is 8.06. The minimum atomic E-state index is -0.125. The SMILES string of the molecule is OCC1(c2ncc(-c3ccccc3Br)[nH]2)CCC1. The van der Waals surface area contributed by atoms with Crippen LogP contribution in [0.15, 0.2) is 34.9 Å². The van der Waals surface area contributed by atoms with E-state index in [1.807, 2.05) is 30.5 Å². The van der Waals surface area contributed by atoms with Crippen LogP contribution in [0.25, 0.3) is 11.3 Å². The predicted molar refractivity (Wildman–Crippen MR) is 74.3 cm³/mol. The molecule has 94 valence electrons. The van der Waals surface area contributed by atoms with Crippen LogP contribution in [0.4, 0.5) is 0 Å². The summed E-state index contributed by atoms with van der Waals surface area (Å²) in [5, 5.41) is 9.56. The second-order valence-corrected chi connectivity index (χ2v) is 5.77. The lowest BCUT2D eigenvalue weighted by Crippen LogP contribution is -2.39. The molecule has 2 N–H and O–H groups in total. The molecule has 3 nitrogen and oxygen atoms in total. The van der Waals surface area contributed by atoms with E-state index in [1.54, 1.807) is 0 Å². The van der Waals surface area contributed by atoms with Gasteiger partial charge in [0.05, 0.1) is 23.9 Å². The Bertz CT molecular complexity index is 555. The maximum Gasteiger partial charge on any atom is 0.115 e. The van der Waals surface area contributed by atoms with Gasteiger partial charge in [-0.2, -0.15) is 0 Å². The number of hydrogen-bond acceptors (Lipinski definition) is 2. The van der Waals surface area contributed by atoms with Gasteiger partial charge in [-0.05, 0) is 18.9 Å². The van der Waals surface area contributed by atoms with Crippen molar-refractivity contribution in [2.45, 2.75) is 24.7 Å². The zero-order valence-corrected chi connectivity index (χ0v) is 11.6. The van der Waals surface area contributed by atoms with Gasteiger partial charge >= 0.3 is 0 Å². The van der Waals surface area contributed by atoms with Gasteiger partial charge in [0.2, 0.25) is 0 Å². The highest BCUT2D eigenvalue weighted by atomic mass is 79.9. The molecule has 1 aromatic heterocycles. The molecule has 1 fully saturated rings. The van der Waals surface area contributed by atoms with E-state index in [2.05, 4.69) is 25.9 Å². The Morgan fingerprint density at radius 3 is 2.72 bits per heavy atom. The van der Waals surface area contributed by atoms with Crippen molar-refractivity contribution < 1.29 is 5.11 Å². The van der Waals surface area contributed by atoms with Gasteiger partial charge in [-0.3, -0.25) is 0 Å². The van der Waals surface area contributed by atoms with Crippen molar-refractivity contribution in [1.29, 1.82) is 0 Å². The fourth-order valence-corrected chi connectivity index (χ4v) is 2.98. The molecule has 18 heavy (non-hydrogen) atoms. The topological polar surface area (TPSA) is 48.9 Å². The van der Waals surface area contributed by atoms with Crippen LogP contribution in [0.1, 0.15) is 25.1 Å². The minimum Gasteiger partial charge on any atom is -0.395 e. The lowest BCUT2D eigenvalue weighted by molar-refractivity contribution is 0.113. The van der Waals surface area contributed by atoms with E-state index in [1.165, 1.54) is 6.42 Å². The Kier molecular flexibility index (Phi) is 2.99. The van der Waals surface area contributed by atoms with Gasteiger partial charge in [0.15, 0.2) is 0 Å². The molecule has 1 aromatic carbocycles. The molecular formula is C14H15BrN2O. The minimum absolute atomic E-state index is 0.125. The highest BCUT2D eigenvalue weighted by molar-refractivity contribution is 9.10.